The summed E-state index contributed by atoms with van der Waals surface area (Å²) in [7, 11) is 0. The number of carbonyl (C=O) groups is 1. The number of carbonyl (C=O) groups excluding carboxylic acids is 1. The lowest BCUT2D eigenvalue weighted by Crippen LogP contribution is -2.30. The molecule has 0 unspecified atom stereocenters. The quantitative estimate of drug-likeness (QED) is 0.859. The van der Waals surface area contributed by atoms with Crippen LogP contribution in [-0.4, -0.2) is 35.0 Å². The van der Waals surface area contributed by atoms with Crippen molar-refractivity contribution in [1.82, 2.24) is 10.3 Å². The average Bonchev–Trinajstić information content (AvgIpc) is 2.81. The van der Waals surface area contributed by atoms with Crippen molar-refractivity contribution in [2.75, 3.05) is 24.2 Å². The molecule has 1 aliphatic heterocycles. The number of nitrogens with one attached hydrogen (secondary N) is 2. The van der Waals surface area contributed by atoms with E-state index in [-0.39, 0.29) is 5.91 Å². The molecular formula is C10H15N3OS2. The van der Waals surface area contributed by atoms with Crippen LogP contribution < -0.4 is 10.6 Å². The van der Waals surface area contributed by atoms with E-state index in [4.69, 9.17) is 0 Å². The van der Waals surface area contributed by atoms with Crippen LogP contribution in [0.1, 0.15) is 12.8 Å². The maximum absolute atomic E-state index is 11.6. The lowest BCUT2D eigenvalue weighted by molar-refractivity contribution is -0.113. The maximum Gasteiger partial charge on any atom is 0.236 e. The number of anilines is 1. The number of nitrogens with zero attached hydrogens (tertiary/aromatic N) is 1. The van der Waals surface area contributed by atoms with E-state index in [1.807, 2.05) is 5.38 Å². The SMILES string of the molecule is O=C(CSC1CCNCC1)Nc1nccs1. The van der Waals surface area contributed by atoms with Gasteiger partial charge in [-0.1, -0.05) is 0 Å². The smallest absolute Gasteiger partial charge is 0.236 e. The van der Waals surface area contributed by atoms with Gasteiger partial charge in [0.1, 0.15) is 0 Å². The first-order valence-corrected chi connectivity index (χ1v) is 7.29. The Kier molecular flexibility index (Phi) is 4.62. The van der Waals surface area contributed by atoms with Crippen LogP contribution in [0.5, 0.6) is 0 Å². The van der Waals surface area contributed by atoms with Gasteiger partial charge in [-0.25, -0.2) is 4.98 Å². The van der Waals surface area contributed by atoms with Crippen molar-refractivity contribution in [1.29, 1.82) is 0 Å². The lowest BCUT2D eigenvalue weighted by Gasteiger charge is -2.21. The normalized spacial score (nSPS) is 17.2. The van der Waals surface area contributed by atoms with Gasteiger partial charge in [-0.2, -0.15) is 0 Å². The second kappa shape index (κ2) is 6.22. The molecule has 4 nitrogen and oxygen atoms in total. The van der Waals surface area contributed by atoms with E-state index in [0.717, 1.165) is 25.9 Å². The molecule has 0 atom stereocenters. The zero-order valence-electron chi connectivity index (χ0n) is 8.94. The standard InChI is InChI=1S/C10H15N3OS2/c14-9(13-10-12-5-6-15-10)7-16-8-1-3-11-4-2-8/h5-6,8,11H,1-4,7H2,(H,12,13,14). The molecule has 2 heterocycles. The summed E-state index contributed by atoms with van der Waals surface area (Å²) < 4.78 is 0. The number of rotatable bonds is 4. The third kappa shape index (κ3) is 3.77. The molecule has 6 heteroatoms. The zero-order valence-corrected chi connectivity index (χ0v) is 10.6. The Morgan fingerprint density at radius 1 is 1.62 bits per heavy atom. The summed E-state index contributed by atoms with van der Waals surface area (Å²) in [5.74, 6) is 0.586. The third-order valence-electron chi connectivity index (χ3n) is 2.41. The molecule has 0 saturated carbocycles. The lowest BCUT2D eigenvalue weighted by atomic mass is 10.2. The van der Waals surface area contributed by atoms with E-state index in [9.17, 15) is 4.79 Å². The summed E-state index contributed by atoms with van der Waals surface area (Å²) in [6.07, 6.45) is 4.02. The van der Waals surface area contributed by atoms with Crippen LogP contribution in [0, 0.1) is 0 Å². The van der Waals surface area contributed by atoms with Crippen molar-refractivity contribution in [3.05, 3.63) is 11.6 Å². The first kappa shape index (κ1) is 11.9. The molecule has 88 valence electrons. The van der Waals surface area contributed by atoms with Crippen LogP contribution >= 0.6 is 23.1 Å². The van der Waals surface area contributed by atoms with Crippen LogP contribution in [0.2, 0.25) is 0 Å². The summed E-state index contributed by atoms with van der Waals surface area (Å²) in [6.45, 7) is 2.15. The van der Waals surface area contributed by atoms with Crippen LogP contribution in [0.4, 0.5) is 5.13 Å². The fourth-order valence-corrected chi connectivity index (χ4v) is 3.17. The third-order valence-corrected chi connectivity index (χ3v) is 4.48. The molecule has 1 fully saturated rings. The Hall–Kier alpha value is -0.590. The van der Waals surface area contributed by atoms with E-state index in [1.54, 1.807) is 18.0 Å². The van der Waals surface area contributed by atoms with Crippen molar-refractivity contribution >= 4 is 34.1 Å². The van der Waals surface area contributed by atoms with Crippen molar-refractivity contribution in [2.45, 2.75) is 18.1 Å². The highest BCUT2D eigenvalue weighted by molar-refractivity contribution is 8.00. The highest BCUT2D eigenvalue weighted by Gasteiger charge is 2.15. The topological polar surface area (TPSA) is 54.0 Å². The van der Waals surface area contributed by atoms with Crippen molar-refractivity contribution in [3.63, 3.8) is 0 Å². The average molecular weight is 257 g/mol. The number of thioether (sulfide) groups is 1. The number of hydrogen-bond acceptors (Lipinski definition) is 5. The Bertz CT molecular complexity index is 323. The van der Waals surface area contributed by atoms with Crippen molar-refractivity contribution in [2.24, 2.45) is 0 Å². The van der Waals surface area contributed by atoms with E-state index in [2.05, 4.69) is 15.6 Å². The summed E-state index contributed by atoms with van der Waals surface area (Å²) in [5.41, 5.74) is 0. The van der Waals surface area contributed by atoms with Crippen LogP contribution in [-0.2, 0) is 4.79 Å². The molecule has 16 heavy (non-hydrogen) atoms. The molecule has 1 aliphatic rings. The summed E-state index contributed by atoms with van der Waals surface area (Å²) in [4.78, 5) is 15.6. The molecule has 1 aromatic heterocycles. The molecule has 2 N–H and O–H groups in total. The monoisotopic (exact) mass is 257 g/mol. The molecule has 1 aromatic rings. The molecular weight excluding hydrogens is 242 g/mol. The minimum absolute atomic E-state index is 0.0542. The van der Waals surface area contributed by atoms with Gasteiger partial charge >= 0.3 is 0 Å². The molecule has 1 amide bonds. The minimum atomic E-state index is 0.0542. The zero-order chi connectivity index (χ0) is 11.2. The highest BCUT2D eigenvalue weighted by Crippen LogP contribution is 2.20. The molecule has 0 spiro atoms. The van der Waals surface area contributed by atoms with Gasteiger partial charge in [-0.15, -0.1) is 23.1 Å². The van der Waals surface area contributed by atoms with Crippen molar-refractivity contribution < 1.29 is 4.79 Å². The Labute approximate surface area is 103 Å². The number of aromatic nitrogens is 1. The first-order chi connectivity index (χ1) is 7.84. The fourth-order valence-electron chi connectivity index (χ4n) is 1.60. The minimum Gasteiger partial charge on any atom is -0.317 e. The Balaban J connectivity index is 1.67. The number of piperidine rings is 1. The predicted octanol–water partition coefficient (Wildman–Crippen LogP) is 1.57. The number of thiazole rings is 1. The predicted molar refractivity (Wildman–Crippen MR) is 69.1 cm³/mol. The molecule has 0 bridgehead atoms. The summed E-state index contributed by atoms with van der Waals surface area (Å²) in [5, 5.41) is 9.29. The van der Waals surface area contributed by atoms with E-state index < -0.39 is 0 Å². The van der Waals surface area contributed by atoms with Crippen LogP contribution in [0.25, 0.3) is 0 Å². The molecule has 0 aliphatic carbocycles. The number of hydrogen-bond donors (Lipinski definition) is 2. The molecule has 1 saturated heterocycles. The highest BCUT2D eigenvalue weighted by atomic mass is 32.2. The Morgan fingerprint density at radius 3 is 3.12 bits per heavy atom. The van der Waals surface area contributed by atoms with Gasteiger partial charge in [-0.3, -0.25) is 4.79 Å². The summed E-state index contributed by atoms with van der Waals surface area (Å²) >= 11 is 3.20. The van der Waals surface area contributed by atoms with Gasteiger partial charge in [0.25, 0.3) is 0 Å². The van der Waals surface area contributed by atoms with Crippen LogP contribution in [0.3, 0.4) is 0 Å². The maximum atomic E-state index is 11.6. The van der Waals surface area contributed by atoms with Crippen LogP contribution in [0.15, 0.2) is 11.6 Å². The number of amides is 1. The van der Waals surface area contributed by atoms with Gasteiger partial charge in [0.2, 0.25) is 5.91 Å². The van der Waals surface area contributed by atoms with Gasteiger partial charge in [0, 0.05) is 16.8 Å². The van der Waals surface area contributed by atoms with E-state index in [1.165, 1.54) is 11.3 Å². The second-order valence-corrected chi connectivity index (χ2v) is 5.83. The van der Waals surface area contributed by atoms with Gasteiger partial charge < -0.3 is 10.6 Å². The van der Waals surface area contributed by atoms with Gasteiger partial charge in [0.05, 0.1) is 5.75 Å². The fraction of sp³-hybridized carbons (Fsp3) is 0.600. The first-order valence-electron chi connectivity index (χ1n) is 5.36. The van der Waals surface area contributed by atoms with Gasteiger partial charge in [0.15, 0.2) is 5.13 Å². The summed E-state index contributed by atoms with van der Waals surface area (Å²) in [6, 6.07) is 0. The van der Waals surface area contributed by atoms with Crippen molar-refractivity contribution in [3.8, 4) is 0 Å². The second-order valence-electron chi connectivity index (χ2n) is 3.65. The molecule has 0 aromatic carbocycles. The van der Waals surface area contributed by atoms with E-state index in [0.29, 0.717) is 16.1 Å². The van der Waals surface area contributed by atoms with E-state index >= 15 is 0 Å². The molecule has 0 radical (unpaired) electrons. The molecule has 2 rings (SSSR count). The Morgan fingerprint density at radius 2 is 2.44 bits per heavy atom. The largest absolute Gasteiger partial charge is 0.317 e. The van der Waals surface area contributed by atoms with Gasteiger partial charge in [-0.05, 0) is 25.9 Å².